The van der Waals surface area contributed by atoms with Crippen LogP contribution in [0.2, 0.25) is 0 Å². The van der Waals surface area contributed by atoms with Gasteiger partial charge in [0.1, 0.15) is 12.7 Å². The number of rotatable bonds is 49. The van der Waals surface area contributed by atoms with Crippen molar-refractivity contribution in [3.63, 3.8) is 0 Å². The fraction of sp³-hybridized carbons (Fsp3) is 0.617. The molecule has 12 heteroatoms. The average molecular weight is 1030 g/mol. The first-order valence-electron chi connectivity index (χ1n) is 27.4. The monoisotopic (exact) mass is 1020 g/mol. The van der Waals surface area contributed by atoms with Gasteiger partial charge in [0.15, 0.2) is 6.10 Å². The van der Waals surface area contributed by atoms with Crippen molar-refractivity contribution in [1.82, 2.24) is 0 Å². The summed E-state index contributed by atoms with van der Waals surface area (Å²) in [5.74, 6) is -1.61. The van der Waals surface area contributed by atoms with Crippen LogP contribution in [-0.2, 0) is 42.2 Å². The SMILES string of the molecule is CC/C=C\C/C=C\C/C=C\C/C=C\C/C=C\CCCC(=O)OC(COC(=O)CCCC/C=C\C/C=C\C/C=C\C/C=C\CC)COP(=O)(O)OCC(CO)OC(=O)CCCCCCC/C=C\CCCCCC. The number of carbonyl (C=O) groups is 3. The zero-order valence-electron chi connectivity index (χ0n) is 44.8. The molecule has 2 N–H and O–H groups in total. The van der Waals surface area contributed by atoms with Crippen LogP contribution < -0.4 is 0 Å². The number of aliphatic hydroxyl groups is 1. The number of phosphoric acid groups is 1. The predicted octanol–water partition coefficient (Wildman–Crippen LogP) is 16.0. The Morgan fingerprint density at radius 3 is 1.21 bits per heavy atom. The molecular weight excluding hydrogens is 928 g/mol. The van der Waals surface area contributed by atoms with Gasteiger partial charge in [0.25, 0.3) is 0 Å². The van der Waals surface area contributed by atoms with Crippen LogP contribution in [0.25, 0.3) is 0 Å². The number of unbranched alkanes of at least 4 members (excludes halogenated alkanes) is 12. The molecule has 3 atom stereocenters. The Kier molecular flexibility index (Phi) is 50.1. The second-order valence-corrected chi connectivity index (χ2v) is 19.1. The lowest BCUT2D eigenvalue weighted by Gasteiger charge is -2.21. The van der Waals surface area contributed by atoms with Crippen LogP contribution in [0, 0.1) is 0 Å². The van der Waals surface area contributed by atoms with Crippen molar-refractivity contribution in [2.45, 2.75) is 213 Å². The van der Waals surface area contributed by atoms with Gasteiger partial charge in [-0.15, -0.1) is 0 Å². The molecule has 0 radical (unpaired) electrons. The third-order valence-electron chi connectivity index (χ3n) is 10.8. The van der Waals surface area contributed by atoms with Crippen molar-refractivity contribution in [3.05, 3.63) is 122 Å². The topological polar surface area (TPSA) is 155 Å². The van der Waals surface area contributed by atoms with Gasteiger partial charge in [0, 0.05) is 19.3 Å². The lowest BCUT2D eigenvalue weighted by molar-refractivity contribution is -0.161. The lowest BCUT2D eigenvalue weighted by Crippen LogP contribution is -2.30. The molecule has 0 heterocycles. The van der Waals surface area contributed by atoms with Crippen LogP contribution >= 0.6 is 7.82 Å². The van der Waals surface area contributed by atoms with Crippen LogP contribution in [-0.4, -0.2) is 66.5 Å². The number of hydrogen-bond acceptors (Lipinski definition) is 10. The number of carbonyl (C=O) groups excluding carboxylic acids is 3. The van der Waals surface area contributed by atoms with Gasteiger partial charge in [0.05, 0.1) is 19.8 Å². The van der Waals surface area contributed by atoms with Crippen LogP contribution in [0.1, 0.15) is 201 Å². The number of esters is 3. The summed E-state index contributed by atoms with van der Waals surface area (Å²) < 4.78 is 39.3. The molecule has 408 valence electrons. The Balaban J connectivity index is 4.91. The summed E-state index contributed by atoms with van der Waals surface area (Å²) in [5.41, 5.74) is 0. The molecule has 0 fully saturated rings. The first-order valence-corrected chi connectivity index (χ1v) is 28.9. The van der Waals surface area contributed by atoms with Crippen molar-refractivity contribution in [1.29, 1.82) is 0 Å². The summed E-state index contributed by atoms with van der Waals surface area (Å²) in [6.07, 6.45) is 64.6. The van der Waals surface area contributed by atoms with Crippen molar-refractivity contribution in [2.75, 3.05) is 26.4 Å². The minimum absolute atomic E-state index is 0.0732. The van der Waals surface area contributed by atoms with E-state index in [1.54, 1.807) is 0 Å². The van der Waals surface area contributed by atoms with Crippen LogP contribution in [0.15, 0.2) is 122 Å². The van der Waals surface area contributed by atoms with E-state index in [0.717, 1.165) is 109 Å². The normalized spacial score (nSPS) is 14.3. The Bertz CT molecular complexity index is 1670. The number of allylic oxidation sites excluding steroid dienone is 20. The molecule has 0 aliphatic carbocycles. The van der Waals surface area contributed by atoms with Gasteiger partial charge in [-0.2, -0.15) is 0 Å². The van der Waals surface area contributed by atoms with Gasteiger partial charge < -0.3 is 24.2 Å². The number of aliphatic hydroxyl groups excluding tert-OH is 1. The molecule has 0 aromatic rings. The molecule has 3 unspecified atom stereocenters. The summed E-state index contributed by atoms with van der Waals surface area (Å²) in [6.45, 7) is 4.25. The van der Waals surface area contributed by atoms with E-state index < -0.39 is 57.8 Å². The summed E-state index contributed by atoms with van der Waals surface area (Å²) in [5, 5.41) is 9.79. The molecule has 0 spiro atoms. The average Bonchev–Trinajstić information content (AvgIpc) is 3.37. The fourth-order valence-corrected chi connectivity index (χ4v) is 7.51. The van der Waals surface area contributed by atoms with Gasteiger partial charge in [-0.25, -0.2) is 4.57 Å². The van der Waals surface area contributed by atoms with Gasteiger partial charge in [-0.05, 0) is 122 Å². The standard InChI is InChI=1S/C60H97O11P/c1-4-7-10-13-16-19-22-25-27-28-30-33-36-39-42-45-48-51-60(64)71-57(53-67-58(62)49-46-43-40-37-34-32-29-26-23-20-17-14-11-8-5-2)55-69-72(65,66)68-54-56(52-61)70-59(63)50-47-44-41-38-35-31-24-21-18-15-12-9-6-3/h7-8,10-11,16-17,19-21,24-27,29-30,33-34,37,39,42,56-57,61H,4-6,9,12-15,18,22-23,28,31-32,35-36,38,40-41,43-55H2,1-3H3,(H,65,66)/b10-7-,11-8-,19-16-,20-17-,24-21-,27-25-,29-26-,33-30-,37-34-,42-39-. The van der Waals surface area contributed by atoms with Crippen LogP contribution in [0.4, 0.5) is 0 Å². The molecule has 0 amide bonds. The highest BCUT2D eigenvalue weighted by molar-refractivity contribution is 7.47. The van der Waals surface area contributed by atoms with Crippen molar-refractivity contribution >= 4 is 25.7 Å². The largest absolute Gasteiger partial charge is 0.472 e. The maximum atomic E-state index is 12.9. The summed E-state index contributed by atoms with van der Waals surface area (Å²) in [4.78, 5) is 48.4. The van der Waals surface area contributed by atoms with Crippen molar-refractivity contribution in [2.24, 2.45) is 0 Å². The van der Waals surface area contributed by atoms with E-state index in [1.807, 2.05) is 12.2 Å². The molecule has 0 aliphatic rings. The van der Waals surface area contributed by atoms with E-state index in [4.69, 9.17) is 23.3 Å². The second kappa shape index (κ2) is 53.2. The summed E-state index contributed by atoms with van der Waals surface area (Å²) in [7, 11) is -4.78. The highest BCUT2D eigenvalue weighted by Crippen LogP contribution is 2.43. The van der Waals surface area contributed by atoms with Gasteiger partial charge in [-0.3, -0.25) is 23.4 Å². The summed E-state index contributed by atoms with van der Waals surface area (Å²) in [6, 6.07) is 0. The summed E-state index contributed by atoms with van der Waals surface area (Å²) >= 11 is 0. The quantitative estimate of drug-likeness (QED) is 0.0197. The highest BCUT2D eigenvalue weighted by Gasteiger charge is 2.28. The minimum atomic E-state index is -4.78. The molecule has 11 nitrogen and oxygen atoms in total. The van der Waals surface area contributed by atoms with Gasteiger partial charge in [0.2, 0.25) is 0 Å². The molecule has 0 bridgehead atoms. The fourth-order valence-electron chi connectivity index (χ4n) is 6.73. The van der Waals surface area contributed by atoms with Crippen molar-refractivity contribution in [3.8, 4) is 0 Å². The maximum Gasteiger partial charge on any atom is 0.472 e. The van der Waals surface area contributed by atoms with Gasteiger partial charge >= 0.3 is 25.7 Å². The molecule has 0 aromatic heterocycles. The van der Waals surface area contributed by atoms with E-state index in [-0.39, 0.29) is 25.9 Å². The second-order valence-electron chi connectivity index (χ2n) is 17.6. The molecule has 0 saturated carbocycles. The Hall–Kier alpha value is -4.12. The first kappa shape index (κ1) is 67.9. The predicted molar refractivity (Wildman–Crippen MR) is 297 cm³/mol. The molecule has 0 saturated heterocycles. The number of hydrogen-bond donors (Lipinski definition) is 2. The number of phosphoric ester groups is 1. The maximum absolute atomic E-state index is 12.9. The molecular formula is C60H97O11P. The Morgan fingerprint density at radius 2 is 0.736 bits per heavy atom. The Labute approximate surface area is 437 Å². The smallest absolute Gasteiger partial charge is 0.462 e. The van der Waals surface area contributed by atoms with E-state index in [1.165, 1.54) is 25.7 Å². The van der Waals surface area contributed by atoms with E-state index >= 15 is 0 Å². The molecule has 0 aromatic carbocycles. The van der Waals surface area contributed by atoms with Crippen LogP contribution in [0.3, 0.4) is 0 Å². The first-order chi connectivity index (χ1) is 35.2. The zero-order valence-corrected chi connectivity index (χ0v) is 45.7. The third-order valence-corrected chi connectivity index (χ3v) is 11.8. The highest BCUT2D eigenvalue weighted by atomic mass is 31.2. The Morgan fingerprint density at radius 1 is 0.403 bits per heavy atom. The van der Waals surface area contributed by atoms with Crippen LogP contribution in [0.5, 0.6) is 0 Å². The van der Waals surface area contributed by atoms with E-state index in [0.29, 0.717) is 25.7 Å². The third kappa shape index (κ3) is 50.8. The molecule has 0 aliphatic heterocycles. The van der Waals surface area contributed by atoms with E-state index in [9.17, 15) is 28.9 Å². The van der Waals surface area contributed by atoms with E-state index in [2.05, 4.69) is 130 Å². The minimum Gasteiger partial charge on any atom is -0.462 e. The lowest BCUT2D eigenvalue weighted by atomic mass is 10.1. The molecule has 0 rings (SSSR count). The van der Waals surface area contributed by atoms with Crippen molar-refractivity contribution < 1.29 is 52.2 Å². The van der Waals surface area contributed by atoms with Gasteiger partial charge in [-0.1, -0.05) is 181 Å². The number of ether oxygens (including phenoxy) is 3. The molecule has 72 heavy (non-hydrogen) atoms. The zero-order chi connectivity index (χ0) is 52.7.